The van der Waals surface area contributed by atoms with Gasteiger partial charge in [-0.2, -0.15) is 0 Å². The number of H-pyrrole nitrogens is 1. The predicted octanol–water partition coefficient (Wildman–Crippen LogP) is 2.43. The number of aryl methyl sites for hydroxylation is 1. The van der Waals surface area contributed by atoms with Crippen LogP contribution in [0.4, 0.5) is 0 Å². The van der Waals surface area contributed by atoms with Crippen molar-refractivity contribution < 1.29 is 9.90 Å². The number of nitrogens with one attached hydrogen (secondary N) is 1. The number of hydrogen-bond acceptors (Lipinski definition) is 2. The topological polar surface area (TPSA) is 70.2 Å². The number of aromatic carboxylic acids is 1. The molecule has 4 heteroatoms. The van der Waals surface area contributed by atoms with Gasteiger partial charge in [0, 0.05) is 11.5 Å². The zero-order valence-electron chi connectivity index (χ0n) is 9.99. The molecule has 0 fully saturated rings. The van der Waals surface area contributed by atoms with Gasteiger partial charge in [0.05, 0.1) is 5.52 Å². The number of carboxylic acid groups (broad SMARTS) is 1. The summed E-state index contributed by atoms with van der Waals surface area (Å²) < 4.78 is 0. The molecule has 0 bridgehead atoms. The van der Waals surface area contributed by atoms with Crippen molar-refractivity contribution in [3.05, 3.63) is 51.8 Å². The summed E-state index contributed by atoms with van der Waals surface area (Å²) in [6.07, 6.45) is 2.37. The Morgan fingerprint density at radius 1 is 1.44 bits per heavy atom. The van der Waals surface area contributed by atoms with E-state index in [1.807, 2.05) is 13.0 Å². The molecule has 0 aliphatic rings. The van der Waals surface area contributed by atoms with E-state index in [4.69, 9.17) is 5.11 Å². The summed E-state index contributed by atoms with van der Waals surface area (Å²) in [7, 11) is 0. The van der Waals surface area contributed by atoms with E-state index in [0.717, 1.165) is 17.2 Å². The number of aromatic amines is 1. The fraction of sp³-hybridized carbons (Fsp3) is 0.143. The molecule has 0 radical (unpaired) electrons. The van der Waals surface area contributed by atoms with Crippen molar-refractivity contribution in [1.82, 2.24) is 4.98 Å². The van der Waals surface area contributed by atoms with Gasteiger partial charge in [0.15, 0.2) is 5.43 Å². The lowest BCUT2D eigenvalue weighted by Crippen LogP contribution is -2.11. The maximum Gasteiger partial charge on any atom is 0.352 e. The fourth-order valence-electron chi connectivity index (χ4n) is 2.01. The Hall–Kier alpha value is -2.36. The van der Waals surface area contributed by atoms with Crippen LogP contribution in [-0.2, 0) is 6.42 Å². The third-order valence-corrected chi connectivity index (χ3v) is 2.88. The van der Waals surface area contributed by atoms with Crippen molar-refractivity contribution in [2.24, 2.45) is 0 Å². The molecule has 4 nitrogen and oxygen atoms in total. The summed E-state index contributed by atoms with van der Waals surface area (Å²) in [5.41, 5.74) is 1.91. The van der Waals surface area contributed by atoms with E-state index in [-0.39, 0.29) is 11.1 Å². The molecular weight excluding hydrogens is 230 g/mol. The first-order valence-electron chi connectivity index (χ1n) is 5.62. The molecule has 2 aromatic rings. The van der Waals surface area contributed by atoms with E-state index in [1.165, 1.54) is 0 Å². The average molecular weight is 243 g/mol. The van der Waals surface area contributed by atoms with E-state index in [9.17, 15) is 9.59 Å². The summed E-state index contributed by atoms with van der Waals surface area (Å²) in [4.78, 5) is 25.7. The Morgan fingerprint density at radius 3 is 2.72 bits per heavy atom. The fourth-order valence-corrected chi connectivity index (χ4v) is 2.01. The molecule has 1 aromatic heterocycles. The minimum absolute atomic E-state index is 0.101. The number of carboxylic acids is 1. The van der Waals surface area contributed by atoms with E-state index >= 15 is 0 Å². The average Bonchev–Trinajstić information content (AvgIpc) is 2.36. The van der Waals surface area contributed by atoms with Gasteiger partial charge in [-0.25, -0.2) is 4.79 Å². The summed E-state index contributed by atoms with van der Waals surface area (Å²) >= 11 is 0. The van der Waals surface area contributed by atoms with Crippen molar-refractivity contribution in [1.29, 1.82) is 0 Å². The van der Waals surface area contributed by atoms with Gasteiger partial charge in [-0.3, -0.25) is 4.79 Å². The van der Waals surface area contributed by atoms with Crippen molar-refractivity contribution in [3.63, 3.8) is 0 Å². The quantitative estimate of drug-likeness (QED) is 0.869. The first-order valence-corrected chi connectivity index (χ1v) is 5.62. The second-order valence-corrected chi connectivity index (χ2v) is 4.01. The van der Waals surface area contributed by atoms with Gasteiger partial charge < -0.3 is 10.1 Å². The van der Waals surface area contributed by atoms with Crippen LogP contribution in [0.1, 0.15) is 28.5 Å². The first kappa shape index (κ1) is 12.1. The Kier molecular flexibility index (Phi) is 3.02. The number of benzene rings is 1. The Morgan fingerprint density at radius 2 is 2.17 bits per heavy atom. The van der Waals surface area contributed by atoms with E-state index in [1.54, 1.807) is 12.1 Å². The molecule has 1 aromatic carbocycles. The third-order valence-electron chi connectivity index (χ3n) is 2.88. The molecule has 0 saturated heterocycles. The minimum Gasteiger partial charge on any atom is -0.477 e. The van der Waals surface area contributed by atoms with Gasteiger partial charge in [-0.1, -0.05) is 25.6 Å². The predicted molar refractivity (Wildman–Crippen MR) is 71.0 cm³/mol. The second kappa shape index (κ2) is 4.49. The van der Waals surface area contributed by atoms with Crippen LogP contribution in [0.25, 0.3) is 17.0 Å². The molecule has 0 amide bonds. The zero-order chi connectivity index (χ0) is 13.3. The van der Waals surface area contributed by atoms with Gasteiger partial charge in [0.2, 0.25) is 0 Å². The summed E-state index contributed by atoms with van der Waals surface area (Å²) in [6, 6.07) is 4.75. The zero-order valence-corrected chi connectivity index (χ0v) is 9.99. The normalized spacial score (nSPS) is 10.5. The molecule has 0 atom stereocenters. The number of carbonyl (C=O) groups is 1. The minimum atomic E-state index is -1.14. The second-order valence-electron chi connectivity index (χ2n) is 4.01. The highest BCUT2D eigenvalue weighted by atomic mass is 16.4. The third kappa shape index (κ3) is 1.93. The molecule has 0 aliphatic heterocycles. The Balaban J connectivity index is 2.91. The van der Waals surface area contributed by atoms with Crippen LogP contribution in [0.5, 0.6) is 0 Å². The van der Waals surface area contributed by atoms with Gasteiger partial charge >= 0.3 is 5.97 Å². The monoisotopic (exact) mass is 243 g/mol. The molecular formula is C14H13NO3. The molecule has 0 spiro atoms. The van der Waals surface area contributed by atoms with Crippen LogP contribution in [0.15, 0.2) is 29.6 Å². The Labute approximate surface area is 104 Å². The highest BCUT2D eigenvalue weighted by Crippen LogP contribution is 2.18. The van der Waals surface area contributed by atoms with E-state index < -0.39 is 5.97 Å². The molecule has 0 aliphatic carbocycles. The van der Waals surface area contributed by atoms with Crippen molar-refractivity contribution in [3.8, 4) is 0 Å². The van der Waals surface area contributed by atoms with E-state index in [0.29, 0.717) is 17.3 Å². The molecule has 1 heterocycles. The van der Waals surface area contributed by atoms with E-state index in [2.05, 4.69) is 11.6 Å². The maximum atomic E-state index is 12.0. The lowest BCUT2D eigenvalue weighted by atomic mass is 10.0. The van der Waals surface area contributed by atoms with Crippen LogP contribution in [-0.4, -0.2) is 16.1 Å². The highest BCUT2D eigenvalue weighted by molar-refractivity contribution is 5.91. The SMILES string of the molecule is C=Cc1cc(CC)c2c(=O)cc(C(=O)O)[nH]c2c1. The smallest absolute Gasteiger partial charge is 0.352 e. The molecule has 0 saturated carbocycles. The number of rotatable bonds is 3. The summed E-state index contributed by atoms with van der Waals surface area (Å²) in [5.74, 6) is -1.14. The van der Waals surface area contributed by atoms with Crippen LogP contribution in [0.3, 0.4) is 0 Å². The maximum absolute atomic E-state index is 12.0. The van der Waals surface area contributed by atoms with Crippen molar-refractivity contribution in [2.75, 3.05) is 0 Å². The van der Waals surface area contributed by atoms with Gasteiger partial charge in [0.1, 0.15) is 5.69 Å². The lowest BCUT2D eigenvalue weighted by Gasteiger charge is -2.07. The van der Waals surface area contributed by atoms with Crippen LogP contribution >= 0.6 is 0 Å². The number of pyridine rings is 1. The summed E-state index contributed by atoms with van der Waals surface area (Å²) in [6.45, 7) is 5.64. The lowest BCUT2D eigenvalue weighted by molar-refractivity contribution is 0.0691. The first-order chi connectivity index (χ1) is 8.56. The Bertz CT molecular complexity index is 698. The van der Waals surface area contributed by atoms with Crippen molar-refractivity contribution >= 4 is 22.9 Å². The van der Waals surface area contributed by atoms with Crippen LogP contribution < -0.4 is 5.43 Å². The van der Waals surface area contributed by atoms with Gasteiger partial charge in [0.25, 0.3) is 0 Å². The number of hydrogen-bond donors (Lipinski definition) is 2. The van der Waals surface area contributed by atoms with Crippen LogP contribution in [0.2, 0.25) is 0 Å². The van der Waals surface area contributed by atoms with Crippen molar-refractivity contribution in [2.45, 2.75) is 13.3 Å². The standard InChI is InChI=1S/C14H13NO3/c1-3-8-5-9(4-2)13-10(6-8)15-11(14(17)18)7-12(13)16/h3,5-7H,1,4H2,2H3,(H,15,16)(H,17,18). The summed E-state index contributed by atoms with van der Waals surface area (Å²) in [5, 5.41) is 9.48. The molecule has 18 heavy (non-hydrogen) atoms. The van der Waals surface area contributed by atoms with Crippen LogP contribution in [0, 0.1) is 0 Å². The number of fused-ring (bicyclic) bond motifs is 1. The molecule has 0 unspecified atom stereocenters. The van der Waals surface area contributed by atoms with Gasteiger partial charge in [-0.05, 0) is 23.6 Å². The largest absolute Gasteiger partial charge is 0.477 e. The molecule has 2 N–H and O–H groups in total. The number of aromatic nitrogens is 1. The molecule has 92 valence electrons. The van der Waals surface area contributed by atoms with Gasteiger partial charge in [-0.15, -0.1) is 0 Å². The molecule has 2 rings (SSSR count). The highest BCUT2D eigenvalue weighted by Gasteiger charge is 2.11.